The molecule has 0 amide bonds. The second kappa shape index (κ2) is 53.2. The van der Waals surface area contributed by atoms with Gasteiger partial charge in [-0.2, -0.15) is 20.4 Å². The number of para-hydroxylation sites is 4. The summed E-state index contributed by atoms with van der Waals surface area (Å²) in [6.07, 6.45) is 18.5. The molecule has 0 spiro atoms. The van der Waals surface area contributed by atoms with Gasteiger partial charge in [-0.25, -0.2) is 0 Å². The summed E-state index contributed by atoms with van der Waals surface area (Å²) in [5.74, 6) is 3.43. The number of aliphatic hydroxyl groups excluding tert-OH is 1. The topological polar surface area (TPSA) is 404 Å². The van der Waals surface area contributed by atoms with Gasteiger partial charge in [0, 0.05) is 98.6 Å². The van der Waals surface area contributed by atoms with Crippen LogP contribution in [0.1, 0.15) is 133 Å². The number of phenolic OH excluding ortho intramolecular Hbond substituents is 1. The molecule has 722 valence electrons. The van der Waals surface area contributed by atoms with Crippen LogP contribution in [0.2, 0.25) is 0 Å². The average Bonchev–Trinajstić information content (AvgIpc) is 1.61. The number of rotatable bonds is 35. The molecule has 12 N–H and O–H groups in total. The summed E-state index contributed by atoms with van der Waals surface area (Å²) in [6, 6.07) is 69.6. The molecule has 4 saturated carbocycles. The summed E-state index contributed by atoms with van der Waals surface area (Å²) in [4.78, 5) is 46.1. The molecule has 27 nitrogen and oxygen atoms in total. The normalized spacial score (nSPS) is 12.7. The molecule has 0 aliphatic heterocycles. The fourth-order valence-corrected chi connectivity index (χ4v) is 17.0. The molecule has 0 radical (unpaired) electrons. The number of hydrogen-bond acceptors (Lipinski definition) is 22. The Morgan fingerprint density at radius 3 is 1.06 bits per heavy atom. The molecule has 19 rings (SSSR count). The maximum atomic E-state index is 12.0. The van der Waals surface area contributed by atoms with Crippen molar-refractivity contribution < 1.29 is 108 Å². The van der Waals surface area contributed by atoms with E-state index in [0.717, 1.165) is 169 Å². The van der Waals surface area contributed by atoms with E-state index >= 15 is 0 Å². The van der Waals surface area contributed by atoms with Crippen LogP contribution in [-0.4, -0.2) is 121 Å². The Balaban J connectivity index is 0.000000166. The van der Waals surface area contributed by atoms with Gasteiger partial charge in [0.15, 0.2) is 0 Å². The van der Waals surface area contributed by atoms with Crippen molar-refractivity contribution >= 4 is 124 Å². The Bertz CT molecular complexity index is 6620. The number of fused-ring (bicyclic) bond motifs is 4. The molecule has 11 aromatic carbocycles. The second-order valence-corrected chi connectivity index (χ2v) is 36.1. The number of ether oxygens (including phenoxy) is 6. The molecule has 0 unspecified atom stereocenters. The largest absolute Gasteiger partial charge is 1.00 e. The van der Waals surface area contributed by atoms with Gasteiger partial charge in [0.05, 0.1) is 99.0 Å². The van der Waals surface area contributed by atoms with Crippen LogP contribution < -0.4 is 66.4 Å². The molecule has 32 heteroatoms. The molecular weight excluding hydrogens is 1920 g/mol. The van der Waals surface area contributed by atoms with Crippen LogP contribution in [-0.2, 0) is 131 Å². The van der Waals surface area contributed by atoms with E-state index in [-0.39, 0.29) is 103 Å². The molecule has 0 saturated heterocycles. The van der Waals surface area contributed by atoms with Gasteiger partial charge in [-0.15, -0.1) is 12.4 Å². The van der Waals surface area contributed by atoms with Gasteiger partial charge in [0.1, 0.15) is 42.8 Å². The van der Waals surface area contributed by atoms with Crippen molar-refractivity contribution in [3.05, 3.63) is 313 Å². The van der Waals surface area contributed by atoms with E-state index in [9.17, 15) is 34.5 Å². The monoisotopic (exact) mass is 2040 g/mol. The number of nitrogens with zero attached hydrogens (tertiary/aromatic N) is 8. The summed E-state index contributed by atoms with van der Waals surface area (Å²) in [6.45, 7) is 12.9. The minimum absolute atomic E-state index is 0. The molecule has 4 heterocycles. The third-order valence-corrected chi connectivity index (χ3v) is 25.0. The fraction of sp³-hybridized carbons (Fsp3) is 0.308. The van der Waals surface area contributed by atoms with Crippen molar-refractivity contribution in [2.75, 3.05) is 19.8 Å². The maximum absolute atomic E-state index is 12.0. The molecular formula is C107H118BBr2ClN11NaO16. The van der Waals surface area contributed by atoms with Gasteiger partial charge in [-0.05, 0) is 247 Å². The Labute approximate surface area is 854 Å². The van der Waals surface area contributed by atoms with Gasteiger partial charge >= 0.3 is 60.6 Å². The molecule has 4 aromatic heterocycles. The zero-order valence-corrected chi connectivity index (χ0v) is 84.6. The number of carbonyl (C=O) groups excluding carboxylic acids is 3. The summed E-state index contributed by atoms with van der Waals surface area (Å²) >= 11 is 7.18. The number of nitrogens with two attached hydrogens (primary N) is 3. The molecule has 15 aromatic rings. The van der Waals surface area contributed by atoms with Crippen LogP contribution in [0.15, 0.2) is 252 Å². The molecule has 4 aliphatic carbocycles. The molecule has 4 aliphatic rings. The van der Waals surface area contributed by atoms with Gasteiger partial charge < -0.3 is 76.5 Å². The number of carboxylic acids is 1. The number of carboxylic acid groups (broad SMARTS) is 1. The van der Waals surface area contributed by atoms with Crippen molar-refractivity contribution in [3.8, 4) is 45.3 Å². The summed E-state index contributed by atoms with van der Waals surface area (Å²) < 4.78 is 43.7. The van der Waals surface area contributed by atoms with Crippen LogP contribution in [0.4, 0.5) is 0 Å². The van der Waals surface area contributed by atoms with E-state index < -0.39 is 13.1 Å². The Hall–Kier alpha value is -11.6. The van der Waals surface area contributed by atoms with Crippen LogP contribution in [0.5, 0.6) is 23.0 Å². The Morgan fingerprint density at radius 2 is 0.712 bits per heavy atom. The number of aliphatic carboxylic acids is 1. The van der Waals surface area contributed by atoms with Gasteiger partial charge in [-0.1, -0.05) is 165 Å². The van der Waals surface area contributed by atoms with Crippen molar-refractivity contribution in [3.63, 3.8) is 0 Å². The van der Waals surface area contributed by atoms with Gasteiger partial charge in [0.2, 0.25) is 0 Å². The minimum atomic E-state index is -1.40. The van der Waals surface area contributed by atoms with E-state index in [1.165, 1.54) is 51.4 Å². The fourth-order valence-electron chi connectivity index (χ4n) is 15.8. The number of hydrogen-bond donors (Lipinski definition) is 8. The number of phenols is 1. The van der Waals surface area contributed by atoms with E-state index in [1.807, 2.05) is 148 Å². The third-order valence-electron chi connectivity index (χ3n) is 23.7. The first-order valence-electron chi connectivity index (χ1n) is 46.3. The van der Waals surface area contributed by atoms with Crippen molar-refractivity contribution in [2.24, 2.45) is 40.9 Å². The van der Waals surface area contributed by atoms with Gasteiger partial charge in [0.25, 0.3) is 0 Å². The predicted octanol–water partition coefficient (Wildman–Crippen LogP) is 15.2. The van der Waals surface area contributed by atoms with E-state index in [0.29, 0.717) is 99.0 Å². The second-order valence-electron chi connectivity index (χ2n) is 34.4. The summed E-state index contributed by atoms with van der Waals surface area (Å²) in [5.41, 5.74) is 36.6. The number of aromatic nitrogens is 8. The molecule has 0 bridgehead atoms. The molecule has 0 atom stereocenters. The minimum Gasteiger partial charge on any atom is -0.870 e. The Kier molecular flexibility index (Phi) is 41.2. The van der Waals surface area contributed by atoms with Crippen molar-refractivity contribution in [1.82, 2.24) is 39.1 Å². The smallest absolute Gasteiger partial charge is 0.870 e. The number of aromatic hydroxyl groups is 1. The quantitative estimate of drug-likeness (QED) is 0.0104. The maximum Gasteiger partial charge on any atom is 1.00 e. The van der Waals surface area contributed by atoms with E-state index in [4.69, 9.17) is 65.9 Å². The third kappa shape index (κ3) is 31.2. The SMILES string of the molecule is CCOC(=O)Cc1ccccc1O.CCOC(=O)Cc1ccccc1OCc1cc(-c2cccc(CN)c2)c2cnn(CC3CC3)c2c1.CCOC(=O)Cc1ccccc1OCc1cc(Br)c2cnn(CC3CC3)c2c1.Cl.NCc1cccc(-c2cc(COc3ccccc3CC(=O)O)cc3c2cnn3CC2CC2)c1.NCc1cccc(B(O)O)c1.OCc1cc(Br)c2cnn(CC3CC3)c2c1.[Na+].[OH-]. The van der Waals surface area contributed by atoms with Crippen LogP contribution in [0.3, 0.4) is 0 Å². The summed E-state index contributed by atoms with van der Waals surface area (Å²) in [5, 5.41) is 68.1. The predicted molar refractivity (Wildman–Crippen MR) is 544 cm³/mol. The van der Waals surface area contributed by atoms with Crippen LogP contribution in [0.25, 0.3) is 65.9 Å². The first-order chi connectivity index (χ1) is 66.1. The average molecular weight is 2040 g/mol. The number of halogens is 3. The number of esters is 3. The van der Waals surface area contributed by atoms with Crippen LogP contribution in [0, 0.1) is 23.7 Å². The van der Waals surface area contributed by atoms with Crippen LogP contribution >= 0.6 is 44.3 Å². The number of aliphatic hydroxyl groups is 1. The van der Waals surface area contributed by atoms with Crippen molar-refractivity contribution in [2.45, 2.75) is 170 Å². The zero-order valence-electron chi connectivity index (χ0n) is 78.6. The van der Waals surface area contributed by atoms with E-state index in [1.54, 1.807) is 55.5 Å². The van der Waals surface area contributed by atoms with Crippen molar-refractivity contribution in [1.29, 1.82) is 0 Å². The Morgan fingerprint density at radius 1 is 0.396 bits per heavy atom. The van der Waals surface area contributed by atoms with Gasteiger partial charge in [-0.3, -0.25) is 37.9 Å². The standard InChI is InChI=1S/C29H31N3O3.C27H27N3O3.C22H23BrN2O3.C12H13BrN2O.C10H12O3.C7H10BNO2.ClH.Na.H2O/c1-2-34-29(33)15-24-7-3-4-9-28(24)35-19-22-13-25(23-8-5-6-21(12-23)16-30)26-17-31-32(27(26)14-22)18-20-10-11-20;28-14-19-4-3-6-21(10-19)23-11-20(12-25-24(23)15-29-30(25)16-18-8-9-18)17-33-26-7-2-1-5-22(26)13-27(31)32;1-2-27-22(26)11-17-5-3-4-6-21(17)28-14-16-9-19(23)18-12-24-25(20(18)10-16)13-15-7-8-15;13-11-3-9(7-16)4-12-10(11)5-14-15(12)6-8-1-2-8;1-2-13-10(12)7-8-5-3-4-6-9(8)11;9-5-6-2-1-3-7(4-6)8(10)11;;;/h3-9,12-14,17,20H,2,10-11,15-16,18-19,30H2,1H3;1-7,10-12,15,18H,8-9,13-14,16-17,28H2,(H,31,32);3-6,9-10,12,15H,2,7-8,11,13-14H2,1H3;3-5,8,16H,1-2,6-7H2;3-6,11H,2,7H2,1H3;1-4,10-11H,5,9H2;1H;;1H2/q;;;;;;;+1;/p-1. The number of carbonyl (C=O) groups is 4. The zero-order chi connectivity index (χ0) is 95.6. The molecule has 139 heavy (non-hydrogen) atoms. The summed E-state index contributed by atoms with van der Waals surface area (Å²) in [7, 11) is -1.40. The first-order valence-corrected chi connectivity index (χ1v) is 47.9. The first kappa shape index (κ1) is 108. The number of benzene rings is 11. The molecule has 4 fully saturated rings. The van der Waals surface area contributed by atoms with E-state index in [2.05, 4.69) is 121 Å².